The predicted molar refractivity (Wildman–Crippen MR) is 85.7 cm³/mol. The Morgan fingerprint density at radius 1 is 1.36 bits per heavy atom. The van der Waals surface area contributed by atoms with Crippen molar-refractivity contribution in [1.29, 1.82) is 0 Å². The number of aromatic amines is 1. The first-order chi connectivity index (χ1) is 10.6. The highest BCUT2D eigenvalue weighted by Crippen LogP contribution is 2.17. The van der Waals surface area contributed by atoms with E-state index in [0.717, 1.165) is 24.5 Å². The molecule has 118 valence electrons. The number of aromatic nitrogens is 3. The lowest BCUT2D eigenvalue weighted by Gasteiger charge is -2.35. The predicted octanol–water partition coefficient (Wildman–Crippen LogP) is 1.81. The van der Waals surface area contributed by atoms with E-state index in [1.165, 1.54) is 12.8 Å². The molecule has 1 aromatic carbocycles. The number of benzene rings is 1. The number of hydrogen-bond donors (Lipinski definition) is 2. The summed E-state index contributed by atoms with van der Waals surface area (Å²) in [4.78, 5) is 14.7. The largest absolute Gasteiger partial charge is 0.350 e. The molecule has 1 saturated heterocycles. The van der Waals surface area contributed by atoms with Crippen LogP contribution in [0.5, 0.6) is 0 Å². The normalized spacial score (nSPS) is 18.5. The van der Waals surface area contributed by atoms with Gasteiger partial charge in [0.25, 0.3) is 5.91 Å². The van der Waals surface area contributed by atoms with Crippen molar-refractivity contribution in [2.45, 2.75) is 32.7 Å². The molecule has 1 aromatic heterocycles. The molecule has 2 aromatic rings. The molecule has 0 spiro atoms. The number of nitrogens with zero attached hydrogens (tertiary/aromatic N) is 3. The van der Waals surface area contributed by atoms with Crippen molar-refractivity contribution < 1.29 is 4.79 Å². The summed E-state index contributed by atoms with van der Waals surface area (Å²) in [7, 11) is 0. The fourth-order valence-corrected chi connectivity index (χ4v) is 2.92. The van der Waals surface area contributed by atoms with E-state index in [2.05, 4.69) is 39.5 Å². The van der Waals surface area contributed by atoms with Crippen LogP contribution in [0.3, 0.4) is 0 Å². The number of H-pyrrole nitrogens is 1. The first-order valence-corrected chi connectivity index (χ1v) is 7.96. The number of likely N-dealkylation sites (tertiary alicyclic amines) is 1. The molecule has 1 aliphatic rings. The molecular weight excluding hydrogens is 278 g/mol. The Labute approximate surface area is 130 Å². The zero-order chi connectivity index (χ0) is 15.5. The van der Waals surface area contributed by atoms with Crippen molar-refractivity contribution in [3.63, 3.8) is 0 Å². The summed E-state index contributed by atoms with van der Waals surface area (Å²) in [5.74, 6) is 0.773. The zero-order valence-corrected chi connectivity index (χ0v) is 13.2. The maximum atomic E-state index is 12.3. The van der Waals surface area contributed by atoms with Gasteiger partial charge in [-0.15, -0.1) is 0 Å². The molecule has 1 fully saturated rings. The minimum absolute atomic E-state index is 0.0536. The highest BCUT2D eigenvalue weighted by molar-refractivity contribution is 5.97. The molecule has 1 aliphatic heterocycles. The van der Waals surface area contributed by atoms with E-state index in [1.807, 2.05) is 6.07 Å². The molecule has 2 N–H and O–H groups in total. The number of nitrogens with one attached hydrogen (secondary N) is 2. The van der Waals surface area contributed by atoms with Gasteiger partial charge in [0.05, 0.1) is 0 Å². The van der Waals surface area contributed by atoms with Gasteiger partial charge in [0.15, 0.2) is 0 Å². The monoisotopic (exact) mass is 301 g/mol. The second kappa shape index (κ2) is 6.44. The summed E-state index contributed by atoms with van der Waals surface area (Å²) in [5.41, 5.74) is 2.11. The third kappa shape index (κ3) is 3.27. The van der Waals surface area contributed by atoms with Gasteiger partial charge in [-0.1, -0.05) is 6.92 Å². The molecule has 2 heterocycles. The van der Waals surface area contributed by atoms with Gasteiger partial charge in [0, 0.05) is 18.2 Å². The molecule has 1 amide bonds. The van der Waals surface area contributed by atoms with Gasteiger partial charge >= 0.3 is 0 Å². The molecule has 0 aliphatic carbocycles. The number of carbonyl (C=O) groups excluding carboxylic acids is 1. The van der Waals surface area contributed by atoms with Crippen molar-refractivity contribution in [3.8, 4) is 0 Å². The zero-order valence-electron chi connectivity index (χ0n) is 13.2. The second-order valence-electron chi connectivity index (χ2n) is 6.30. The van der Waals surface area contributed by atoms with Crippen molar-refractivity contribution in [2.24, 2.45) is 5.92 Å². The van der Waals surface area contributed by atoms with Crippen molar-refractivity contribution in [2.75, 3.05) is 19.6 Å². The van der Waals surface area contributed by atoms with Gasteiger partial charge in [-0.05, 0) is 57.0 Å². The quantitative estimate of drug-likeness (QED) is 0.903. The molecule has 22 heavy (non-hydrogen) atoms. The van der Waals surface area contributed by atoms with E-state index in [4.69, 9.17) is 0 Å². The number of amides is 1. The Morgan fingerprint density at radius 3 is 2.86 bits per heavy atom. The van der Waals surface area contributed by atoms with E-state index in [1.54, 1.807) is 12.1 Å². The Morgan fingerprint density at radius 2 is 2.09 bits per heavy atom. The SMILES string of the molecule is CC1CCN([C@H](C)CNC(=O)c2ccc3n[nH]nc3c2)CC1. The van der Waals surface area contributed by atoms with Gasteiger partial charge in [0.2, 0.25) is 0 Å². The van der Waals surface area contributed by atoms with E-state index < -0.39 is 0 Å². The maximum absolute atomic E-state index is 12.3. The highest BCUT2D eigenvalue weighted by atomic mass is 16.1. The molecular formula is C16H23N5O. The van der Waals surface area contributed by atoms with Gasteiger partial charge in [-0.2, -0.15) is 15.4 Å². The van der Waals surface area contributed by atoms with Crippen molar-refractivity contribution in [3.05, 3.63) is 23.8 Å². The van der Waals surface area contributed by atoms with Crippen LogP contribution < -0.4 is 5.32 Å². The molecule has 0 radical (unpaired) electrons. The van der Waals surface area contributed by atoms with Gasteiger partial charge < -0.3 is 5.32 Å². The Bertz CT molecular complexity index is 645. The summed E-state index contributed by atoms with van der Waals surface area (Å²) < 4.78 is 0. The van der Waals surface area contributed by atoms with Crippen LogP contribution in [-0.4, -0.2) is 51.9 Å². The number of carbonyl (C=O) groups is 1. The van der Waals surface area contributed by atoms with Crippen LogP contribution in [0.4, 0.5) is 0 Å². The first kappa shape index (κ1) is 15.0. The number of rotatable bonds is 4. The number of piperidine rings is 1. The van der Waals surface area contributed by atoms with Crippen LogP contribution >= 0.6 is 0 Å². The third-order valence-corrected chi connectivity index (χ3v) is 4.58. The first-order valence-electron chi connectivity index (χ1n) is 7.96. The molecule has 0 unspecified atom stereocenters. The Hall–Kier alpha value is -1.95. The fraction of sp³-hybridized carbons (Fsp3) is 0.562. The molecule has 0 saturated carbocycles. The highest BCUT2D eigenvalue weighted by Gasteiger charge is 2.20. The average Bonchev–Trinajstić information content (AvgIpc) is 3.00. The number of hydrogen-bond acceptors (Lipinski definition) is 4. The minimum Gasteiger partial charge on any atom is -0.350 e. The van der Waals surface area contributed by atoms with Crippen LogP contribution in [0.25, 0.3) is 11.0 Å². The molecule has 0 bridgehead atoms. The molecule has 6 nitrogen and oxygen atoms in total. The topological polar surface area (TPSA) is 73.9 Å². The van der Waals surface area contributed by atoms with Crippen molar-refractivity contribution >= 4 is 16.9 Å². The Kier molecular flexibility index (Phi) is 4.38. The minimum atomic E-state index is -0.0536. The lowest BCUT2D eigenvalue weighted by molar-refractivity contribution is 0.0922. The number of fused-ring (bicyclic) bond motifs is 1. The van der Waals surface area contributed by atoms with Crippen molar-refractivity contribution in [1.82, 2.24) is 25.6 Å². The average molecular weight is 301 g/mol. The van der Waals surface area contributed by atoms with Crippen LogP contribution in [0.2, 0.25) is 0 Å². The standard InChI is InChI=1S/C16H23N5O/c1-11-5-7-21(8-6-11)12(2)10-17-16(22)13-3-4-14-15(9-13)19-20-18-14/h3-4,9,11-12H,5-8,10H2,1-2H3,(H,17,22)(H,18,19,20)/t12-/m1/s1. The summed E-state index contributed by atoms with van der Waals surface area (Å²) >= 11 is 0. The molecule has 6 heteroatoms. The summed E-state index contributed by atoms with van der Waals surface area (Å²) in [6.45, 7) is 7.41. The van der Waals surface area contributed by atoms with E-state index in [0.29, 0.717) is 23.7 Å². The maximum Gasteiger partial charge on any atom is 0.251 e. The third-order valence-electron chi connectivity index (χ3n) is 4.58. The molecule has 1 atom stereocenters. The molecule has 3 rings (SSSR count). The van der Waals surface area contributed by atoms with E-state index >= 15 is 0 Å². The second-order valence-corrected chi connectivity index (χ2v) is 6.30. The van der Waals surface area contributed by atoms with Gasteiger partial charge in [-0.3, -0.25) is 9.69 Å². The Balaban J connectivity index is 1.55. The van der Waals surface area contributed by atoms with E-state index in [9.17, 15) is 4.79 Å². The summed E-state index contributed by atoms with van der Waals surface area (Å²) in [6.07, 6.45) is 2.50. The lowest BCUT2D eigenvalue weighted by atomic mass is 9.98. The summed E-state index contributed by atoms with van der Waals surface area (Å²) in [5, 5.41) is 13.6. The fourth-order valence-electron chi connectivity index (χ4n) is 2.92. The van der Waals surface area contributed by atoms with Gasteiger partial charge in [-0.25, -0.2) is 0 Å². The van der Waals surface area contributed by atoms with E-state index in [-0.39, 0.29) is 5.91 Å². The van der Waals surface area contributed by atoms with Crippen LogP contribution in [-0.2, 0) is 0 Å². The van der Waals surface area contributed by atoms with Crippen LogP contribution in [0.15, 0.2) is 18.2 Å². The smallest absolute Gasteiger partial charge is 0.251 e. The van der Waals surface area contributed by atoms with Crippen LogP contribution in [0, 0.1) is 5.92 Å². The van der Waals surface area contributed by atoms with Crippen LogP contribution in [0.1, 0.15) is 37.0 Å². The van der Waals surface area contributed by atoms with Gasteiger partial charge in [0.1, 0.15) is 11.0 Å². The lowest BCUT2D eigenvalue weighted by Crippen LogP contribution is -2.45. The summed E-state index contributed by atoms with van der Waals surface area (Å²) in [6, 6.07) is 5.73.